The number of ketones is 1. The van der Waals surface area contributed by atoms with E-state index in [1.165, 1.54) is 5.56 Å². The summed E-state index contributed by atoms with van der Waals surface area (Å²) in [5.41, 5.74) is 2.10. The maximum absolute atomic E-state index is 12.1. The molecule has 1 aliphatic heterocycles. The average molecular weight is 218 g/mol. The fraction of sp³-hybridized carbons (Fsp3) is 0.500. The molecule has 0 N–H and O–H groups in total. The van der Waals surface area contributed by atoms with Crippen LogP contribution < -0.4 is 0 Å². The lowest BCUT2D eigenvalue weighted by Gasteiger charge is -2.20. The number of carbonyl (C=O) groups is 1. The van der Waals surface area contributed by atoms with Crippen LogP contribution >= 0.6 is 0 Å². The largest absolute Gasteiger partial charge is 0.381 e. The summed E-state index contributed by atoms with van der Waals surface area (Å²) in [6.07, 6.45) is 2.98. The second-order valence-electron chi connectivity index (χ2n) is 4.33. The molecule has 0 aromatic heterocycles. The van der Waals surface area contributed by atoms with Gasteiger partial charge in [0.1, 0.15) is 0 Å². The average Bonchev–Trinajstić information content (AvgIpc) is 2.39. The Morgan fingerprint density at radius 1 is 1.38 bits per heavy atom. The number of rotatable bonds is 3. The standard InChI is InChI=1S/C14H18O2/c1-2-11-5-7-12(8-6-11)14(15)13-4-3-9-16-10-13/h5-8,13H,2-4,9-10H2,1H3. The van der Waals surface area contributed by atoms with E-state index in [2.05, 4.69) is 6.92 Å². The van der Waals surface area contributed by atoms with E-state index in [0.29, 0.717) is 6.61 Å². The summed E-state index contributed by atoms with van der Waals surface area (Å²) in [4.78, 5) is 12.1. The molecule has 0 saturated carbocycles. The molecule has 1 saturated heterocycles. The lowest BCUT2D eigenvalue weighted by molar-refractivity contribution is 0.0461. The monoisotopic (exact) mass is 218 g/mol. The molecular weight excluding hydrogens is 200 g/mol. The zero-order valence-corrected chi connectivity index (χ0v) is 9.74. The first kappa shape index (κ1) is 11.3. The minimum absolute atomic E-state index is 0.0706. The van der Waals surface area contributed by atoms with Crippen molar-refractivity contribution < 1.29 is 9.53 Å². The minimum atomic E-state index is 0.0706. The maximum Gasteiger partial charge on any atom is 0.168 e. The van der Waals surface area contributed by atoms with E-state index in [1.807, 2.05) is 24.3 Å². The third kappa shape index (κ3) is 2.50. The normalized spacial score (nSPS) is 20.7. The lowest BCUT2D eigenvalue weighted by Crippen LogP contribution is -2.25. The lowest BCUT2D eigenvalue weighted by atomic mass is 9.92. The van der Waals surface area contributed by atoms with Gasteiger partial charge in [0.2, 0.25) is 0 Å². The van der Waals surface area contributed by atoms with Crippen LogP contribution in [0.15, 0.2) is 24.3 Å². The summed E-state index contributed by atoms with van der Waals surface area (Å²) >= 11 is 0. The molecule has 0 radical (unpaired) electrons. The van der Waals surface area contributed by atoms with Gasteiger partial charge < -0.3 is 4.74 Å². The fourth-order valence-electron chi connectivity index (χ4n) is 2.09. The zero-order valence-electron chi connectivity index (χ0n) is 9.74. The van der Waals surface area contributed by atoms with Gasteiger partial charge in [-0.1, -0.05) is 31.2 Å². The molecule has 16 heavy (non-hydrogen) atoms. The summed E-state index contributed by atoms with van der Waals surface area (Å²) in [6.45, 7) is 3.51. The molecule has 1 aromatic carbocycles. The second kappa shape index (κ2) is 5.26. The highest BCUT2D eigenvalue weighted by molar-refractivity contribution is 5.98. The molecule has 0 amide bonds. The molecule has 1 unspecified atom stereocenters. The van der Waals surface area contributed by atoms with Crippen molar-refractivity contribution in [3.63, 3.8) is 0 Å². The molecule has 86 valence electrons. The van der Waals surface area contributed by atoms with Crippen LogP contribution in [0.5, 0.6) is 0 Å². The Bertz CT molecular complexity index is 348. The number of carbonyl (C=O) groups excluding carboxylic acids is 1. The van der Waals surface area contributed by atoms with Crippen LogP contribution in [0.1, 0.15) is 35.7 Å². The number of benzene rings is 1. The number of ether oxygens (including phenoxy) is 1. The minimum Gasteiger partial charge on any atom is -0.381 e. The van der Waals surface area contributed by atoms with Crippen molar-refractivity contribution in [2.75, 3.05) is 13.2 Å². The van der Waals surface area contributed by atoms with E-state index >= 15 is 0 Å². The van der Waals surface area contributed by atoms with Crippen LogP contribution in [0.3, 0.4) is 0 Å². The van der Waals surface area contributed by atoms with Crippen LogP contribution in [0.25, 0.3) is 0 Å². The number of hydrogen-bond donors (Lipinski definition) is 0. The maximum atomic E-state index is 12.1. The number of Topliss-reactive ketones (excluding diaryl/α,β-unsaturated/α-hetero) is 1. The summed E-state index contributed by atoms with van der Waals surface area (Å²) in [7, 11) is 0. The van der Waals surface area contributed by atoms with Crippen molar-refractivity contribution in [3.05, 3.63) is 35.4 Å². The summed E-state index contributed by atoms with van der Waals surface area (Å²) < 4.78 is 5.35. The molecule has 1 heterocycles. The summed E-state index contributed by atoms with van der Waals surface area (Å²) in [6, 6.07) is 7.96. The Morgan fingerprint density at radius 3 is 2.69 bits per heavy atom. The van der Waals surface area contributed by atoms with Crippen molar-refractivity contribution in [1.29, 1.82) is 0 Å². The van der Waals surface area contributed by atoms with Crippen LogP contribution in [0.4, 0.5) is 0 Å². The third-order valence-corrected chi connectivity index (χ3v) is 3.18. The van der Waals surface area contributed by atoms with Crippen molar-refractivity contribution >= 4 is 5.78 Å². The van der Waals surface area contributed by atoms with E-state index in [1.54, 1.807) is 0 Å². The van der Waals surface area contributed by atoms with Gasteiger partial charge in [-0.05, 0) is 24.8 Å². The first-order valence-corrected chi connectivity index (χ1v) is 6.02. The molecule has 1 fully saturated rings. The first-order valence-electron chi connectivity index (χ1n) is 6.02. The SMILES string of the molecule is CCc1ccc(C(=O)C2CCCOC2)cc1. The molecular formula is C14H18O2. The molecule has 1 atom stereocenters. The highest BCUT2D eigenvalue weighted by Crippen LogP contribution is 2.19. The van der Waals surface area contributed by atoms with Crippen LogP contribution in [0, 0.1) is 5.92 Å². The Labute approximate surface area is 96.6 Å². The van der Waals surface area contributed by atoms with Gasteiger partial charge in [-0.3, -0.25) is 4.79 Å². The fourth-order valence-corrected chi connectivity index (χ4v) is 2.09. The van der Waals surface area contributed by atoms with Gasteiger partial charge in [0.05, 0.1) is 6.61 Å². The molecule has 0 aliphatic carbocycles. The van der Waals surface area contributed by atoms with Crippen LogP contribution in [0.2, 0.25) is 0 Å². The van der Waals surface area contributed by atoms with Crippen LogP contribution in [-0.2, 0) is 11.2 Å². The number of hydrogen-bond acceptors (Lipinski definition) is 2. The molecule has 0 bridgehead atoms. The highest BCUT2D eigenvalue weighted by atomic mass is 16.5. The van der Waals surface area contributed by atoms with Gasteiger partial charge in [0.25, 0.3) is 0 Å². The molecule has 0 spiro atoms. The van der Waals surface area contributed by atoms with Crippen molar-refractivity contribution in [3.8, 4) is 0 Å². The van der Waals surface area contributed by atoms with Crippen molar-refractivity contribution in [1.82, 2.24) is 0 Å². The van der Waals surface area contributed by atoms with Gasteiger partial charge in [0.15, 0.2) is 5.78 Å². The van der Waals surface area contributed by atoms with Gasteiger partial charge >= 0.3 is 0 Å². The quantitative estimate of drug-likeness (QED) is 0.729. The van der Waals surface area contributed by atoms with E-state index in [0.717, 1.165) is 31.4 Å². The van der Waals surface area contributed by atoms with E-state index in [4.69, 9.17) is 4.74 Å². The predicted octanol–water partition coefficient (Wildman–Crippen LogP) is 2.86. The van der Waals surface area contributed by atoms with E-state index in [-0.39, 0.29) is 11.7 Å². The third-order valence-electron chi connectivity index (χ3n) is 3.18. The van der Waals surface area contributed by atoms with Crippen molar-refractivity contribution in [2.45, 2.75) is 26.2 Å². The zero-order chi connectivity index (χ0) is 11.4. The molecule has 1 aliphatic rings. The van der Waals surface area contributed by atoms with E-state index in [9.17, 15) is 4.79 Å². The van der Waals surface area contributed by atoms with Crippen LogP contribution in [-0.4, -0.2) is 19.0 Å². The summed E-state index contributed by atoms with van der Waals surface area (Å²) in [5.74, 6) is 0.309. The molecule has 2 rings (SSSR count). The van der Waals surface area contributed by atoms with Gasteiger partial charge in [-0.2, -0.15) is 0 Å². The van der Waals surface area contributed by atoms with E-state index < -0.39 is 0 Å². The molecule has 2 nitrogen and oxygen atoms in total. The number of aryl methyl sites for hydroxylation is 1. The summed E-state index contributed by atoms with van der Waals surface area (Å²) in [5, 5.41) is 0. The Kier molecular flexibility index (Phi) is 3.73. The van der Waals surface area contributed by atoms with Gasteiger partial charge in [-0.15, -0.1) is 0 Å². The smallest absolute Gasteiger partial charge is 0.168 e. The van der Waals surface area contributed by atoms with Gasteiger partial charge in [-0.25, -0.2) is 0 Å². The topological polar surface area (TPSA) is 26.3 Å². The predicted molar refractivity (Wildman–Crippen MR) is 63.7 cm³/mol. The second-order valence-corrected chi connectivity index (χ2v) is 4.33. The van der Waals surface area contributed by atoms with Crippen molar-refractivity contribution in [2.24, 2.45) is 5.92 Å². The molecule has 1 aromatic rings. The Morgan fingerprint density at radius 2 is 2.12 bits per heavy atom. The highest BCUT2D eigenvalue weighted by Gasteiger charge is 2.22. The Hall–Kier alpha value is -1.15. The Balaban J connectivity index is 2.07. The van der Waals surface area contributed by atoms with Gasteiger partial charge in [0, 0.05) is 18.1 Å². The molecule has 2 heteroatoms. The first-order chi connectivity index (χ1) is 7.81.